The van der Waals surface area contributed by atoms with E-state index < -0.39 is 44.3 Å². The number of hydrogen-bond donors (Lipinski definition) is 3. The van der Waals surface area contributed by atoms with Gasteiger partial charge in [-0.1, -0.05) is 23.2 Å². The first-order chi connectivity index (χ1) is 22.3. The lowest BCUT2D eigenvalue weighted by molar-refractivity contribution is 0.0601. The molecule has 0 saturated carbocycles. The van der Waals surface area contributed by atoms with Crippen molar-refractivity contribution < 1.29 is 44.7 Å². The molecule has 0 atom stereocenters. The number of aryl methyl sites for hydroxylation is 2. The molecule has 18 nitrogen and oxygen atoms in total. The summed E-state index contributed by atoms with van der Waals surface area (Å²) < 4.78 is 86.9. The molecule has 3 N–H and O–H groups in total. The number of ether oxygens (including phenoxy) is 2. The van der Waals surface area contributed by atoms with Crippen molar-refractivity contribution >= 4 is 78.2 Å². The number of methoxy groups -OCH3 is 2. The van der Waals surface area contributed by atoms with E-state index in [1.165, 1.54) is 38.5 Å². The number of sulfonamides is 2. The molecular weight excluding hydrogens is 751 g/mol. The quantitative estimate of drug-likeness (QED) is 0.208. The standard InChI is InChI=1S/C12H13N5O6S2.C11H10Cl2F2N4O3S/c1-6-13-10(16-12(14-6)23-3)15-11(19)17-25(20,21)7-4-5-24-8(7)9(18)22-2;1-5-16-19(11(20)18(5)10(14)15)9-4-8(17-23(2,21)22)6(12)3-7(9)13/h4-5H,1-3H3,(H2,13,14,15,16,17,19);3-4,10,17H,1-2H3. The van der Waals surface area contributed by atoms with Crippen LogP contribution in [0.3, 0.4) is 0 Å². The van der Waals surface area contributed by atoms with Gasteiger partial charge in [-0.25, -0.2) is 40.5 Å². The number of benzene rings is 1. The molecule has 4 aromatic rings. The Bertz CT molecular complexity index is 2140. The van der Waals surface area contributed by atoms with Crippen LogP contribution in [-0.4, -0.2) is 78.6 Å². The number of rotatable bonds is 9. The van der Waals surface area contributed by atoms with Crippen LogP contribution in [0.2, 0.25) is 10.0 Å². The number of halogens is 4. The van der Waals surface area contributed by atoms with Crippen LogP contribution in [0.25, 0.3) is 5.69 Å². The zero-order valence-electron chi connectivity index (χ0n) is 25.0. The van der Waals surface area contributed by atoms with Crippen molar-refractivity contribution in [3.63, 3.8) is 0 Å². The summed E-state index contributed by atoms with van der Waals surface area (Å²) in [4.78, 5) is 46.4. The molecule has 3 heterocycles. The van der Waals surface area contributed by atoms with Gasteiger partial charge in [0, 0.05) is 0 Å². The minimum absolute atomic E-state index is 0.0257. The van der Waals surface area contributed by atoms with Gasteiger partial charge in [-0.3, -0.25) is 10.0 Å². The van der Waals surface area contributed by atoms with Crippen molar-refractivity contribution in [3.8, 4) is 11.7 Å². The number of anilines is 2. The number of nitrogens with one attached hydrogen (secondary N) is 3. The van der Waals surface area contributed by atoms with Crippen LogP contribution in [0.1, 0.15) is 27.9 Å². The molecule has 0 unspecified atom stereocenters. The average Bonchev–Trinajstić information content (AvgIpc) is 3.58. The number of urea groups is 1. The van der Waals surface area contributed by atoms with Crippen molar-refractivity contribution in [2.75, 3.05) is 30.5 Å². The van der Waals surface area contributed by atoms with Crippen LogP contribution in [0.5, 0.6) is 6.01 Å². The zero-order chi connectivity index (χ0) is 36.1. The summed E-state index contributed by atoms with van der Waals surface area (Å²) in [6.07, 6.45) is 0.902. The van der Waals surface area contributed by atoms with Gasteiger partial charge in [-0.15, -0.1) is 16.4 Å². The van der Waals surface area contributed by atoms with Gasteiger partial charge < -0.3 is 9.47 Å². The topological polar surface area (TPSA) is 235 Å². The van der Waals surface area contributed by atoms with Crippen LogP contribution in [0.15, 0.2) is 33.3 Å². The Labute approximate surface area is 284 Å². The van der Waals surface area contributed by atoms with Gasteiger partial charge in [-0.05, 0) is 37.4 Å². The molecule has 0 fully saturated rings. The van der Waals surface area contributed by atoms with Crippen LogP contribution in [-0.2, 0) is 24.8 Å². The van der Waals surface area contributed by atoms with Crippen molar-refractivity contribution in [2.24, 2.45) is 0 Å². The molecule has 0 aliphatic heterocycles. The maximum atomic E-state index is 12.8. The lowest BCUT2D eigenvalue weighted by Crippen LogP contribution is -2.35. The average molecular weight is 775 g/mol. The molecule has 0 aliphatic rings. The lowest BCUT2D eigenvalue weighted by atomic mass is 10.3. The summed E-state index contributed by atoms with van der Waals surface area (Å²) in [5, 5.41) is 7.17. The fourth-order valence-corrected chi connectivity index (χ4v) is 6.87. The summed E-state index contributed by atoms with van der Waals surface area (Å²) in [6.45, 7) is -0.308. The summed E-state index contributed by atoms with van der Waals surface area (Å²) in [7, 11) is -5.50. The van der Waals surface area contributed by atoms with Crippen molar-refractivity contribution in [2.45, 2.75) is 25.3 Å². The van der Waals surface area contributed by atoms with Gasteiger partial charge >= 0.3 is 30.3 Å². The number of alkyl halides is 2. The first kappa shape index (κ1) is 38.0. The summed E-state index contributed by atoms with van der Waals surface area (Å²) in [5.74, 6) is -0.992. The smallest absolute Gasteiger partial charge is 0.355 e. The third-order valence-corrected chi connectivity index (χ3v) is 8.99. The third kappa shape index (κ3) is 9.33. The van der Waals surface area contributed by atoms with Crippen molar-refractivity contribution in [1.29, 1.82) is 0 Å². The Morgan fingerprint density at radius 2 is 1.71 bits per heavy atom. The van der Waals surface area contributed by atoms with Gasteiger partial charge in [0.15, 0.2) is 0 Å². The largest absolute Gasteiger partial charge is 0.467 e. The maximum absolute atomic E-state index is 12.8. The molecule has 25 heteroatoms. The molecule has 0 spiro atoms. The van der Waals surface area contributed by atoms with E-state index in [0.717, 1.165) is 30.8 Å². The van der Waals surface area contributed by atoms with Crippen LogP contribution < -0.4 is 25.2 Å². The first-order valence-electron chi connectivity index (χ1n) is 12.5. The molecule has 0 saturated heterocycles. The van der Waals surface area contributed by atoms with E-state index in [2.05, 4.69) is 34.8 Å². The normalized spacial score (nSPS) is 11.4. The van der Waals surface area contributed by atoms with Crippen molar-refractivity contribution in [1.82, 2.24) is 34.0 Å². The number of carbonyl (C=O) groups is 2. The monoisotopic (exact) mass is 773 g/mol. The van der Waals surface area contributed by atoms with Gasteiger partial charge in [0.25, 0.3) is 10.0 Å². The van der Waals surface area contributed by atoms with Gasteiger partial charge in [0.05, 0.1) is 41.9 Å². The van der Waals surface area contributed by atoms with E-state index in [1.807, 2.05) is 0 Å². The highest BCUT2D eigenvalue weighted by atomic mass is 35.5. The predicted octanol–water partition coefficient (Wildman–Crippen LogP) is 2.96. The predicted molar refractivity (Wildman–Crippen MR) is 168 cm³/mol. The van der Waals surface area contributed by atoms with E-state index in [1.54, 1.807) is 4.72 Å². The minimum Gasteiger partial charge on any atom is -0.467 e. The summed E-state index contributed by atoms with van der Waals surface area (Å²) in [6, 6.07) is 2.33. The van der Waals surface area contributed by atoms with E-state index in [0.29, 0.717) is 4.68 Å². The number of amides is 2. The Balaban J connectivity index is 0.000000261. The van der Waals surface area contributed by atoms with E-state index in [9.17, 15) is 40.0 Å². The Morgan fingerprint density at radius 1 is 1.04 bits per heavy atom. The molecule has 4 rings (SSSR count). The lowest BCUT2D eigenvalue weighted by Gasteiger charge is -2.10. The van der Waals surface area contributed by atoms with Crippen LogP contribution in [0, 0.1) is 13.8 Å². The Kier molecular flexibility index (Phi) is 12.0. The number of thiophene rings is 1. The SMILES string of the molecule is COC(=O)c1sccc1S(=O)(=O)NC(=O)Nc1nc(C)nc(OC)n1.Cc1nn(-c2cc(NS(C)(=O)=O)c(Cl)cc2Cl)c(=O)n1C(F)F. The molecule has 0 aliphatic carbocycles. The van der Waals surface area contributed by atoms with Crippen LogP contribution >= 0.6 is 34.5 Å². The van der Waals surface area contributed by atoms with Crippen LogP contribution in [0.4, 0.5) is 25.2 Å². The zero-order valence-corrected chi connectivity index (χ0v) is 28.9. The second kappa shape index (κ2) is 15.2. The number of hydrogen-bond acceptors (Lipinski definition) is 14. The van der Waals surface area contributed by atoms with E-state index in [-0.39, 0.29) is 59.4 Å². The highest BCUT2D eigenvalue weighted by Crippen LogP contribution is 2.31. The van der Waals surface area contributed by atoms with Crippen molar-refractivity contribution in [3.05, 3.63) is 60.6 Å². The number of carbonyl (C=O) groups excluding carboxylic acids is 2. The molecule has 1 aromatic carbocycles. The molecule has 0 radical (unpaired) electrons. The highest BCUT2D eigenvalue weighted by molar-refractivity contribution is 7.92. The van der Waals surface area contributed by atoms with E-state index in [4.69, 9.17) is 27.9 Å². The fraction of sp³-hybridized carbons (Fsp3) is 0.261. The summed E-state index contributed by atoms with van der Waals surface area (Å²) >= 11 is 12.7. The number of aromatic nitrogens is 6. The second-order valence-electron chi connectivity index (χ2n) is 8.91. The maximum Gasteiger partial charge on any atom is 0.355 e. The van der Waals surface area contributed by atoms with Gasteiger partial charge in [0.2, 0.25) is 16.0 Å². The number of esters is 1. The highest BCUT2D eigenvalue weighted by Gasteiger charge is 2.27. The van der Waals surface area contributed by atoms with Gasteiger partial charge in [-0.2, -0.15) is 28.4 Å². The molecule has 2 amide bonds. The third-order valence-electron chi connectivity index (χ3n) is 5.39. The molecule has 3 aromatic heterocycles. The fourth-order valence-electron chi connectivity index (χ4n) is 3.49. The molecule has 0 bridgehead atoms. The summed E-state index contributed by atoms with van der Waals surface area (Å²) in [5.41, 5.74) is -1.27. The minimum atomic E-state index is -4.30. The van der Waals surface area contributed by atoms with E-state index >= 15 is 0 Å². The molecular formula is C23H23Cl2F2N9O9S3. The number of nitrogens with zero attached hydrogens (tertiary/aromatic N) is 6. The molecule has 260 valence electrons. The molecule has 48 heavy (non-hydrogen) atoms. The second-order valence-corrected chi connectivity index (χ2v) is 14.0. The van der Waals surface area contributed by atoms with Gasteiger partial charge in [0.1, 0.15) is 21.4 Å². The first-order valence-corrected chi connectivity index (χ1v) is 17.5. The Hall–Kier alpha value is -4.45. The Morgan fingerprint density at radius 3 is 2.27 bits per heavy atom.